The van der Waals surface area contributed by atoms with Crippen LogP contribution in [0.4, 0.5) is 11.4 Å². The minimum atomic E-state index is -0.291. The molecule has 1 aromatic heterocycles. The van der Waals surface area contributed by atoms with Crippen LogP contribution in [0.1, 0.15) is 33.7 Å². The van der Waals surface area contributed by atoms with Gasteiger partial charge in [0.25, 0.3) is 11.8 Å². The van der Waals surface area contributed by atoms with E-state index in [0.29, 0.717) is 23.7 Å². The maximum Gasteiger partial charge on any atom is 0.272 e. The summed E-state index contributed by atoms with van der Waals surface area (Å²) < 4.78 is 5.37. The third-order valence-electron chi connectivity index (χ3n) is 5.79. The van der Waals surface area contributed by atoms with Gasteiger partial charge in [0.1, 0.15) is 0 Å². The Morgan fingerprint density at radius 1 is 1.00 bits per heavy atom. The van der Waals surface area contributed by atoms with Crippen molar-refractivity contribution in [1.29, 1.82) is 0 Å². The van der Waals surface area contributed by atoms with Crippen molar-refractivity contribution in [1.82, 2.24) is 10.3 Å². The fourth-order valence-corrected chi connectivity index (χ4v) is 4.02. The molecule has 3 aromatic rings. The lowest BCUT2D eigenvalue weighted by Crippen LogP contribution is -2.33. The van der Waals surface area contributed by atoms with Gasteiger partial charge in [-0.1, -0.05) is 24.3 Å². The molecule has 1 aliphatic heterocycles. The normalized spacial score (nSPS) is 14.2. The Balaban J connectivity index is 1.54. The van der Waals surface area contributed by atoms with E-state index in [9.17, 15) is 9.59 Å². The number of benzene rings is 2. The number of fused-ring (bicyclic) bond motifs is 1. The number of ether oxygens (including phenoxy) is 1. The number of pyridine rings is 1. The van der Waals surface area contributed by atoms with Gasteiger partial charge in [-0.25, -0.2) is 4.98 Å². The molecule has 0 unspecified atom stereocenters. The number of hydrogen-bond acceptors (Lipinski definition) is 5. The van der Waals surface area contributed by atoms with Crippen molar-refractivity contribution in [2.24, 2.45) is 5.92 Å². The Kier molecular flexibility index (Phi) is 6.66. The highest BCUT2D eigenvalue weighted by atomic mass is 16.5. The lowest BCUT2D eigenvalue weighted by Gasteiger charge is -2.22. The molecule has 2 aromatic carbocycles. The summed E-state index contributed by atoms with van der Waals surface area (Å²) in [5.74, 6) is -0.172. The van der Waals surface area contributed by atoms with E-state index in [4.69, 9.17) is 4.74 Å². The Morgan fingerprint density at radius 3 is 2.50 bits per heavy atom. The average Bonchev–Trinajstić information content (AvgIpc) is 2.82. The molecule has 2 amide bonds. The van der Waals surface area contributed by atoms with E-state index in [-0.39, 0.29) is 17.5 Å². The summed E-state index contributed by atoms with van der Waals surface area (Å²) in [6, 6.07) is 15.0. The van der Waals surface area contributed by atoms with E-state index < -0.39 is 0 Å². The fourth-order valence-electron chi connectivity index (χ4n) is 4.02. The number of nitrogens with one attached hydrogen (secondary N) is 2. The van der Waals surface area contributed by atoms with E-state index >= 15 is 0 Å². The molecule has 0 bridgehead atoms. The third kappa shape index (κ3) is 4.73. The Morgan fingerprint density at radius 2 is 1.75 bits per heavy atom. The Hall–Kier alpha value is -3.45. The quantitative estimate of drug-likeness (QED) is 0.620. The molecule has 0 radical (unpaired) electrons. The number of amides is 2. The molecule has 1 saturated heterocycles. The van der Waals surface area contributed by atoms with Crippen molar-refractivity contribution in [2.45, 2.75) is 12.8 Å². The van der Waals surface area contributed by atoms with E-state index in [0.717, 1.165) is 42.5 Å². The molecule has 1 fully saturated rings. The number of nitrogens with zero attached hydrogens (tertiary/aromatic N) is 2. The van der Waals surface area contributed by atoms with E-state index in [2.05, 4.69) is 15.6 Å². The van der Waals surface area contributed by atoms with Gasteiger partial charge in [0.2, 0.25) is 0 Å². The summed E-state index contributed by atoms with van der Waals surface area (Å²) >= 11 is 0. The largest absolute Gasteiger partial charge is 0.381 e. The van der Waals surface area contributed by atoms with Crippen molar-refractivity contribution in [3.05, 3.63) is 66.0 Å². The van der Waals surface area contributed by atoms with Crippen LogP contribution in [0.2, 0.25) is 0 Å². The van der Waals surface area contributed by atoms with Gasteiger partial charge < -0.3 is 20.3 Å². The van der Waals surface area contributed by atoms with E-state index in [1.807, 2.05) is 55.4 Å². The molecule has 4 rings (SSSR count). The predicted octanol–water partition coefficient (Wildman–Crippen LogP) is 3.71. The highest BCUT2D eigenvalue weighted by Crippen LogP contribution is 2.29. The van der Waals surface area contributed by atoms with Gasteiger partial charge in [-0.3, -0.25) is 9.59 Å². The lowest BCUT2D eigenvalue weighted by molar-refractivity contribution is 0.0642. The number of hydrogen-bond donors (Lipinski definition) is 2. The minimum Gasteiger partial charge on any atom is -0.381 e. The van der Waals surface area contributed by atoms with E-state index in [1.54, 1.807) is 18.3 Å². The molecule has 0 saturated carbocycles. The van der Waals surface area contributed by atoms with Crippen LogP contribution in [0.3, 0.4) is 0 Å². The molecule has 2 N–H and O–H groups in total. The first-order valence-corrected chi connectivity index (χ1v) is 10.9. The van der Waals surface area contributed by atoms with Gasteiger partial charge in [0.05, 0.1) is 5.69 Å². The number of carbonyl (C=O) groups excluding carboxylic acids is 2. The molecule has 0 aliphatic carbocycles. The summed E-state index contributed by atoms with van der Waals surface area (Å²) in [5, 5.41) is 7.69. The average molecular weight is 433 g/mol. The first-order chi connectivity index (χ1) is 15.5. The van der Waals surface area contributed by atoms with Crippen molar-refractivity contribution >= 4 is 34.0 Å². The summed E-state index contributed by atoms with van der Waals surface area (Å²) in [6.07, 6.45) is 3.42. The molecule has 1 aliphatic rings. The van der Waals surface area contributed by atoms with Crippen molar-refractivity contribution < 1.29 is 14.3 Å². The lowest BCUT2D eigenvalue weighted by atomic mass is 10.0. The Bertz CT molecular complexity index is 1120. The SMILES string of the molecule is CN(C)c1ccc(C(=O)Nc2cccnc2C(=O)NCC2CCOCC2)c2ccccc12. The van der Waals surface area contributed by atoms with Crippen molar-refractivity contribution in [3.8, 4) is 0 Å². The van der Waals surface area contributed by atoms with Crippen molar-refractivity contribution in [3.63, 3.8) is 0 Å². The summed E-state index contributed by atoms with van der Waals surface area (Å²) in [6.45, 7) is 2.03. The topological polar surface area (TPSA) is 83.6 Å². The van der Waals surface area contributed by atoms with Gasteiger partial charge in [0.15, 0.2) is 5.69 Å². The molecule has 2 heterocycles. The Labute approximate surface area is 187 Å². The highest BCUT2D eigenvalue weighted by molar-refractivity contribution is 6.16. The second kappa shape index (κ2) is 9.78. The fraction of sp³-hybridized carbons (Fsp3) is 0.320. The molecule has 7 nitrogen and oxygen atoms in total. The van der Waals surface area contributed by atoms with Gasteiger partial charge in [-0.15, -0.1) is 0 Å². The zero-order chi connectivity index (χ0) is 22.5. The standard InChI is InChI=1S/C25H28N4O3/c1-29(2)22-10-9-20(18-6-3-4-7-19(18)22)24(30)28-21-8-5-13-26-23(21)25(31)27-16-17-11-14-32-15-12-17/h3-10,13,17H,11-12,14-16H2,1-2H3,(H,27,31)(H,28,30). The van der Waals surface area contributed by atoms with Crippen LogP contribution < -0.4 is 15.5 Å². The first kappa shape index (κ1) is 21.8. The predicted molar refractivity (Wildman–Crippen MR) is 126 cm³/mol. The first-order valence-electron chi connectivity index (χ1n) is 10.9. The second-order valence-corrected chi connectivity index (χ2v) is 8.19. The minimum absolute atomic E-state index is 0.210. The maximum absolute atomic E-state index is 13.2. The maximum atomic E-state index is 13.2. The van der Waals surface area contributed by atoms with Crippen LogP contribution in [-0.2, 0) is 4.74 Å². The van der Waals surface area contributed by atoms with E-state index in [1.165, 1.54) is 0 Å². The molecular weight excluding hydrogens is 404 g/mol. The van der Waals surface area contributed by atoms with Crippen LogP contribution in [0, 0.1) is 5.92 Å². The summed E-state index contributed by atoms with van der Waals surface area (Å²) in [7, 11) is 3.95. The third-order valence-corrected chi connectivity index (χ3v) is 5.79. The highest BCUT2D eigenvalue weighted by Gasteiger charge is 2.20. The molecule has 166 valence electrons. The molecule has 0 atom stereocenters. The number of aromatic nitrogens is 1. The second-order valence-electron chi connectivity index (χ2n) is 8.19. The van der Waals surface area contributed by atoms with Gasteiger partial charge in [0, 0.05) is 56.7 Å². The van der Waals surface area contributed by atoms with Crippen LogP contribution in [0.15, 0.2) is 54.7 Å². The smallest absolute Gasteiger partial charge is 0.272 e. The van der Waals surface area contributed by atoms with Crippen LogP contribution >= 0.6 is 0 Å². The number of carbonyl (C=O) groups is 2. The van der Waals surface area contributed by atoms with Crippen LogP contribution in [0.25, 0.3) is 10.8 Å². The van der Waals surface area contributed by atoms with Crippen LogP contribution in [0.5, 0.6) is 0 Å². The zero-order valence-corrected chi connectivity index (χ0v) is 18.4. The summed E-state index contributed by atoms with van der Waals surface area (Å²) in [4.78, 5) is 32.2. The summed E-state index contributed by atoms with van der Waals surface area (Å²) in [5.41, 5.74) is 2.18. The van der Waals surface area contributed by atoms with Crippen LogP contribution in [-0.4, -0.2) is 50.7 Å². The number of anilines is 2. The number of rotatable bonds is 6. The zero-order valence-electron chi connectivity index (χ0n) is 18.4. The monoisotopic (exact) mass is 432 g/mol. The molecule has 32 heavy (non-hydrogen) atoms. The molecule has 0 spiro atoms. The molecular formula is C25H28N4O3. The van der Waals surface area contributed by atoms with Gasteiger partial charge in [-0.2, -0.15) is 0 Å². The van der Waals surface area contributed by atoms with Gasteiger partial charge in [-0.05, 0) is 48.4 Å². The van der Waals surface area contributed by atoms with Crippen molar-refractivity contribution in [2.75, 3.05) is 44.1 Å². The van der Waals surface area contributed by atoms with Gasteiger partial charge >= 0.3 is 0 Å². The molecule has 7 heteroatoms.